The first kappa shape index (κ1) is 13.7. The first-order valence-corrected chi connectivity index (χ1v) is 6.35. The standard InChI is InChI=1S/C13H14ClNO4/c1-7(12(16)15-8-2-3-8)19-9-4-5-11(14)10(6-9)13(17)18/h4-8H,2-3H2,1H3,(H,15,16)(H,17,18). The van der Waals surface area contributed by atoms with E-state index in [9.17, 15) is 9.59 Å². The largest absolute Gasteiger partial charge is 0.481 e. The number of nitrogens with one attached hydrogen (secondary N) is 1. The summed E-state index contributed by atoms with van der Waals surface area (Å²) in [5.41, 5.74) is -0.0473. The highest BCUT2D eigenvalue weighted by Crippen LogP contribution is 2.23. The van der Waals surface area contributed by atoms with Gasteiger partial charge in [0, 0.05) is 6.04 Å². The van der Waals surface area contributed by atoms with Gasteiger partial charge in [0.05, 0.1) is 10.6 Å². The molecule has 1 fully saturated rings. The van der Waals surface area contributed by atoms with Crippen molar-refractivity contribution >= 4 is 23.5 Å². The fraction of sp³-hybridized carbons (Fsp3) is 0.385. The van der Waals surface area contributed by atoms with Crippen molar-refractivity contribution in [2.75, 3.05) is 0 Å². The number of amides is 1. The Morgan fingerprint density at radius 3 is 2.74 bits per heavy atom. The Hall–Kier alpha value is -1.75. The summed E-state index contributed by atoms with van der Waals surface area (Å²) >= 11 is 5.75. The van der Waals surface area contributed by atoms with Gasteiger partial charge in [-0.15, -0.1) is 0 Å². The van der Waals surface area contributed by atoms with Gasteiger partial charge in [0.25, 0.3) is 5.91 Å². The van der Waals surface area contributed by atoms with Crippen LogP contribution in [0, 0.1) is 0 Å². The van der Waals surface area contributed by atoms with Crippen molar-refractivity contribution in [1.82, 2.24) is 5.32 Å². The highest BCUT2D eigenvalue weighted by Gasteiger charge is 2.26. The van der Waals surface area contributed by atoms with E-state index < -0.39 is 12.1 Å². The predicted molar refractivity (Wildman–Crippen MR) is 69.7 cm³/mol. The summed E-state index contributed by atoms with van der Waals surface area (Å²) in [6.07, 6.45) is 1.33. The van der Waals surface area contributed by atoms with E-state index in [1.165, 1.54) is 18.2 Å². The summed E-state index contributed by atoms with van der Waals surface area (Å²) in [4.78, 5) is 22.6. The number of aromatic carboxylic acids is 1. The Labute approximate surface area is 115 Å². The third kappa shape index (κ3) is 3.61. The number of hydrogen-bond acceptors (Lipinski definition) is 3. The number of benzene rings is 1. The zero-order valence-electron chi connectivity index (χ0n) is 10.4. The number of rotatable bonds is 5. The van der Waals surface area contributed by atoms with Gasteiger partial charge in [-0.1, -0.05) is 11.6 Å². The minimum atomic E-state index is -1.13. The second-order valence-corrected chi connectivity index (χ2v) is 4.90. The van der Waals surface area contributed by atoms with E-state index in [-0.39, 0.29) is 22.5 Å². The smallest absolute Gasteiger partial charge is 0.337 e. The van der Waals surface area contributed by atoms with Crippen LogP contribution in [-0.4, -0.2) is 29.1 Å². The Morgan fingerprint density at radius 1 is 1.47 bits per heavy atom. The molecule has 0 radical (unpaired) electrons. The van der Waals surface area contributed by atoms with Crippen LogP contribution in [0.15, 0.2) is 18.2 Å². The van der Waals surface area contributed by atoms with E-state index in [2.05, 4.69) is 5.32 Å². The van der Waals surface area contributed by atoms with Crippen LogP contribution in [-0.2, 0) is 4.79 Å². The molecule has 2 N–H and O–H groups in total. The third-order valence-corrected chi connectivity index (χ3v) is 3.10. The molecule has 102 valence electrons. The molecule has 1 aliphatic carbocycles. The van der Waals surface area contributed by atoms with Crippen LogP contribution >= 0.6 is 11.6 Å². The summed E-state index contributed by atoms with van der Waals surface area (Å²) in [5, 5.41) is 11.9. The molecule has 1 aromatic rings. The van der Waals surface area contributed by atoms with Gasteiger partial charge in [-0.2, -0.15) is 0 Å². The van der Waals surface area contributed by atoms with E-state index in [4.69, 9.17) is 21.4 Å². The van der Waals surface area contributed by atoms with Gasteiger partial charge in [-0.05, 0) is 38.0 Å². The Kier molecular flexibility index (Phi) is 3.95. The number of halogens is 1. The second-order valence-electron chi connectivity index (χ2n) is 4.49. The fourth-order valence-corrected chi connectivity index (χ4v) is 1.74. The lowest BCUT2D eigenvalue weighted by atomic mass is 10.2. The van der Waals surface area contributed by atoms with Crippen LogP contribution in [0.1, 0.15) is 30.1 Å². The third-order valence-electron chi connectivity index (χ3n) is 2.77. The first-order valence-electron chi connectivity index (χ1n) is 5.97. The van der Waals surface area contributed by atoms with E-state index >= 15 is 0 Å². The predicted octanol–water partition coefficient (Wildman–Crippen LogP) is 2.08. The van der Waals surface area contributed by atoms with Gasteiger partial charge in [-0.3, -0.25) is 4.79 Å². The Bertz CT molecular complexity index is 513. The van der Waals surface area contributed by atoms with Gasteiger partial charge in [0.1, 0.15) is 5.75 Å². The van der Waals surface area contributed by atoms with Crippen LogP contribution in [0.2, 0.25) is 5.02 Å². The molecule has 6 heteroatoms. The van der Waals surface area contributed by atoms with Gasteiger partial charge in [0.2, 0.25) is 0 Å². The maximum absolute atomic E-state index is 11.7. The molecule has 19 heavy (non-hydrogen) atoms. The molecule has 2 rings (SSSR count). The molecule has 1 saturated carbocycles. The van der Waals surface area contributed by atoms with Gasteiger partial charge >= 0.3 is 5.97 Å². The average Bonchev–Trinajstić information content (AvgIpc) is 3.15. The number of ether oxygens (including phenoxy) is 1. The van der Waals surface area contributed by atoms with E-state index in [0.29, 0.717) is 5.75 Å². The van der Waals surface area contributed by atoms with E-state index in [1.54, 1.807) is 6.92 Å². The minimum Gasteiger partial charge on any atom is -0.481 e. The first-order chi connectivity index (χ1) is 8.97. The lowest BCUT2D eigenvalue weighted by Gasteiger charge is -2.15. The number of carbonyl (C=O) groups excluding carboxylic acids is 1. The van der Waals surface area contributed by atoms with Crippen LogP contribution in [0.5, 0.6) is 5.75 Å². The molecule has 1 unspecified atom stereocenters. The molecule has 0 aliphatic heterocycles. The van der Waals surface area contributed by atoms with E-state index in [0.717, 1.165) is 12.8 Å². The SMILES string of the molecule is CC(Oc1ccc(Cl)c(C(=O)O)c1)C(=O)NC1CC1. The summed E-state index contributed by atoms with van der Waals surface area (Å²) in [5.74, 6) is -1.03. The molecule has 1 amide bonds. The summed E-state index contributed by atoms with van der Waals surface area (Å²) in [6, 6.07) is 4.55. The molecule has 1 aliphatic rings. The molecule has 1 aromatic carbocycles. The molecule has 1 atom stereocenters. The number of hydrogen-bond donors (Lipinski definition) is 2. The van der Waals surface area contributed by atoms with Crippen molar-refractivity contribution in [3.63, 3.8) is 0 Å². The summed E-state index contributed by atoms with van der Waals surface area (Å²) < 4.78 is 5.42. The number of carboxylic acid groups (broad SMARTS) is 1. The van der Waals surface area contributed by atoms with Crippen LogP contribution < -0.4 is 10.1 Å². The quantitative estimate of drug-likeness (QED) is 0.867. The maximum Gasteiger partial charge on any atom is 0.337 e. The topological polar surface area (TPSA) is 75.6 Å². The maximum atomic E-state index is 11.7. The Balaban J connectivity index is 2.03. The van der Waals surface area contributed by atoms with Crippen LogP contribution in [0.4, 0.5) is 0 Å². The fourth-order valence-electron chi connectivity index (χ4n) is 1.55. The molecule has 0 saturated heterocycles. The van der Waals surface area contributed by atoms with Gasteiger partial charge in [-0.25, -0.2) is 4.79 Å². The Morgan fingerprint density at radius 2 is 2.16 bits per heavy atom. The van der Waals surface area contributed by atoms with Crippen LogP contribution in [0.25, 0.3) is 0 Å². The normalized spacial score (nSPS) is 15.7. The lowest BCUT2D eigenvalue weighted by molar-refractivity contribution is -0.127. The summed E-state index contributed by atoms with van der Waals surface area (Å²) in [7, 11) is 0. The number of carboxylic acids is 1. The second kappa shape index (κ2) is 5.48. The summed E-state index contributed by atoms with van der Waals surface area (Å²) in [6.45, 7) is 1.62. The van der Waals surface area contributed by atoms with Gasteiger partial charge in [0.15, 0.2) is 6.10 Å². The molecule has 5 nitrogen and oxygen atoms in total. The number of carbonyl (C=O) groups is 2. The van der Waals surface area contributed by atoms with Crippen molar-refractivity contribution < 1.29 is 19.4 Å². The highest BCUT2D eigenvalue weighted by atomic mass is 35.5. The molecule has 0 spiro atoms. The monoisotopic (exact) mass is 283 g/mol. The van der Waals surface area contributed by atoms with Gasteiger partial charge < -0.3 is 15.2 Å². The molecule has 0 heterocycles. The van der Waals surface area contributed by atoms with Crippen molar-refractivity contribution in [2.24, 2.45) is 0 Å². The lowest BCUT2D eigenvalue weighted by Crippen LogP contribution is -2.37. The molecule has 0 bridgehead atoms. The van der Waals surface area contributed by atoms with Crippen molar-refractivity contribution in [3.05, 3.63) is 28.8 Å². The molecular weight excluding hydrogens is 270 g/mol. The van der Waals surface area contributed by atoms with Crippen molar-refractivity contribution in [2.45, 2.75) is 31.9 Å². The van der Waals surface area contributed by atoms with E-state index in [1.807, 2.05) is 0 Å². The van der Waals surface area contributed by atoms with Crippen molar-refractivity contribution in [3.8, 4) is 5.75 Å². The highest BCUT2D eigenvalue weighted by molar-refractivity contribution is 6.33. The van der Waals surface area contributed by atoms with Crippen molar-refractivity contribution in [1.29, 1.82) is 0 Å². The molecule has 0 aromatic heterocycles. The van der Waals surface area contributed by atoms with Crippen LogP contribution in [0.3, 0.4) is 0 Å². The zero-order chi connectivity index (χ0) is 14.0. The molecular formula is C13H14ClNO4. The minimum absolute atomic E-state index is 0.0473. The average molecular weight is 284 g/mol. The zero-order valence-corrected chi connectivity index (χ0v) is 11.1.